The van der Waals surface area contributed by atoms with Crippen LogP contribution in [0.3, 0.4) is 0 Å². The highest BCUT2D eigenvalue weighted by Gasteiger charge is 2.10. The maximum Gasteiger partial charge on any atom is 0.259 e. The van der Waals surface area contributed by atoms with Crippen LogP contribution in [0.1, 0.15) is 15.9 Å². The summed E-state index contributed by atoms with van der Waals surface area (Å²) >= 11 is 0. The van der Waals surface area contributed by atoms with Gasteiger partial charge < -0.3 is 5.73 Å². The van der Waals surface area contributed by atoms with Gasteiger partial charge in [0.15, 0.2) is 0 Å². The second kappa shape index (κ2) is 6.23. The molecule has 0 aliphatic carbocycles. The summed E-state index contributed by atoms with van der Waals surface area (Å²) in [6.07, 6.45) is 2.87. The molecule has 1 aromatic carbocycles. The molecule has 0 unspecified atom stereocenters. The van der Waals surface area contributed by atoms with Crippen molar-refractivity contribution >= 4 is 11.9 Å². The standard InChI is InChI=1S/C13H11N5O/c14-7-3-5-10-4-1-2-6-11(10)12(19)17-13-15-8-9-16-18-13/h1-2,4,6,8-9H,7,14H2,(H,15,17,18,19). The van der Waals surface area contributed by atoms with Gasteiger partial charge in [-0.1, -0.05) is 24.0 Å². The van der Waals surface area contributed by atoms with Gasteiger partial charge in [0, 0.05) is 5.56 Å². The number of rotatable bonds is 2. The number of nitrogens with zero attached hydrogens (tertiary/aromatic N) is 3. The quantitative estimate of drug-likeness (QED) is 0.757. The van der Waals surface area contributed by atoms with Crippen LogP contribution in [0.2, 0.25) is 0 Å². The van der Waals surface area contributed by atoms with Crippen molar-refractivity contribution in [2.75, 3.05) is 11.9 Å². The summed E-state index contributed by atoms with van der Waals surface area (Å²) in [4.78, 5) is 16.0. The Labute approximate surface area is 110 Å². The van der Waals surface area contributed by atoms with Crippen molar-refractivity contribution in [3.05, 3.63) is 47.8 Å². The van der Waals surface area contributed by atoms with Gasteiger partial charge in [0.2, 0.25) is 5.95 Å². The van der Waals surface area contributed by atoms with Crippen molar-refractivity contribution in [2.24, 2.45) is 5.73 Å². The lowest BCUT2D eigenvalue weighted by molar-refractivity contribution is 0.102. The van der Waals surface area contributed by atoms with Gasteiger partial charge in [0.05, 0.1) is 24.5 Å². The molecular formula is C13H11N5O. The Kier molecular flexibility index (Phi) is 4.16. The van der Waals surface area contributed by atoms with Crippen LogP contribution in [0.5, 0.6) is 0 Å². The van der Waals surface area contributed by atoms with Crippen LogP contribution in [0.25, 0.3) is 0 Å². The molecule has 1 heterocycles. The van der Waals surface area contributed by atoms with Gasteiger partial charge in [-0.3, -0.25) is 10.1 Å². The van der Waals surface area contributed by atoms with Gasteiger partial charge in [0.1, 0.15) is 0 Å². The number of nitrogens with one attached hydrogen (secondary N) is 1. The van der Waals surface area contributed by atoms with Gasteiger partial charge in [-0.25, -0.2) is 4.98 Å². The van der Waals surface area contributed by atoms with E-state index < -0.39 is 0 Å². The summed E-state index contributed by atoms with van der Waals surface area (Å²) in [6, 6.07) is 6.98. The minimum atomic E-state index is -0.338. The zero-order valence-electron chi connectivity index (χ0n) is 10.00. The highest BCUT2D eigenvalue weighted by Crippen LogP contribution is 2.09. The minimum Gasteiger partial charge on any atom is -0.320 e. The topological polar surface area (TPSA) is 93.8 Å². The van der Waals surface area contributed by atoms with Crippen molar-refractivity contribution in [1.82, 2.24) is 15.2 Å². The van der Waals surface area contributed by atoms with E-state index in [1.807, 2.05) is 0 Å². The Hall–Kier alpha value is -2.78. The monoisotopic (exact) mass is 253 g/mol. The lowest BCUT2D eigenvalue weighted by Crippen LogP contribution is -2.15. The molecule has 2 rings (SSSR count). The number of carbonyl (C=O) groups excluding carboxylic acids is 1. The number of amides is 1. The molecule has 0 radical (unpaired) electrons. The largest absolute Gasteiger partial charge is 0.320 e. The first-order valence-electron chi connectivity index (χ1n) is 5.54. The molecule has 3 N–H and O–H groups in total. The van der Waals surface area contributed by atoms with Gasteiger partial charge in [-0.15, -0.1) is 5.10 Å². The molecule has 0 saturated carbocycles. The van der Waals surface area contributed by atoms with E-state index in [1.165, 1.54) is 12.4 Å². The van der Waals surface area contributed by atoms with Crippen LogP contribution in [-0.4, -0.2) is 27.6 Å². The van der Waals surface area contributed by atoms with Crippen LogP contribution >= 0.6 is 0 Å². The SMILES string of the molecule is NCC#Cc1ccccc1C(=O)Nc1nccnn1. The molecule has 0 fully saturated rings. The average Bonchev–Trinajstić information content (AvgIpc) is 2.46. The molecule has 0 aliphatic heterocycles. The maximum atomic E-state index is 12.1. The number of benzene rings is 1. The summed E-state index contributed by atoms with van der Waals surface area (Å²) in [6.45, 7) is 0.238. The van der Waals surface area contributed by atoms with E-state index in [4.69, 9.17) is 5.73 Å². The number of hydrogen-bond donors (Lipinski definition) is 2. The number of carbonyl (C=O) groups is 1. The van der Waals surface area contributed by atoms with E-state index >= 15 is 0 Å². The fourth-order valence-corrected chi connectivity index (χ4v) is 1.41. The van der Waals surface area contributed by atoms with Crippen molar-refractivity contribution in [2.45, 2.75) is 0 Å². The van der Waals surface area contributed by atoms with E-state index in [2.05, 4.69) is 32.3 Å². The number of anilines is 1. The van der Waals surface area contributed by atoms with Gasteiger partial charge in [0.25, 0.3) is 5.91 Å². The molecule has 19 heavy (non-hydrogen) atoms. The predicted molar refractivity (Wildman–Crippen MR) is 70.2 cm³/mol. The molecule has 0 atom stereocenters. The molecule has 6 heteroatoms. The first kappa shape index (κ1) is 12.7. The lowest BCUT2D eigenvalue weighted by atomic mass is 10.1. The van der Waals surface area contributed by atoms with Gasteiger partial charge >= 0.3 is 0 Å². The molecule has 0 aliphatic rings. The smallest absolute Gasteiger partial charge is 0.259 e. The lowest BCUT2D eigenvalue weighted by Gasteiger charge is -2.04. The van der Waals surface area contributed by atoms with E-state index in [-0.39, 0.29) is 18.4 Å². The van der Waals surface area contributed by atoms with Crippen LogP contribution < -0.4 is 11.1 Å². The summed E-state index contributed by atoms with van der Waals surface area (Å²) in [5, 5.41) is 9.87. The van der Waals surface area contributed by atoms with Gasteiger partial charge in [-0.2, -0.15) is 5.10 Å². The Morgan fingerprint density at radius 3 is 2.89 bits per heavy atom. The Balaban J connectivity index is 2.24. The fourth-order valence-electron chi connectivity index (χ4n) is 1.41. The van der Waals surface area contributed by atoms with Crippen LogP contribution in [0.15, 0.2) is 36.7 Å². The normalized spacial score (nSPS) is 9.32. The van der Waals surface area contributed by atoms with E-state index in [9.17, 15) is 4.79 Å². The molecule has 0 saturated heterocycles. The zero-order chi connectivity index (χ0) is 13.5. The van der Waals surface area contributed by atoms with Crippen molar-refractivity contribution in [3.63, 3.8) is 0 Å². The molecule has 1 amide bonds. The van der Waals surface area contributed by atoms with Crippen LogP contribution in [0.4, 0.5) is 5.95 Å². The number of nitrogens with two attached hydrogens (primary N) is 1. The van der Waals surface area contributed by atoms with Crippen molar-refractivity contribution in [1.29, 1.82) is 0 Å². The fraction of sp³-hybridized carbons (Fsp3) is 0.0769. The van der Waals surface area contributed by atoms with E-state index in [1.54, 1.807) is 24.3 Å². The van der Waals surface area contributed by atoms with Crippen LogP contribution in [0, 0.1) is 11.8 Å². The molecular weight excluding hydrogens is 242 g/mol. The highest BCUT2D eigenvalue weighted by molar-refractivity contribution is 6.05. The summed E-state index contributed by atoms with van der Waals surface area (Å²) in [7, 11) is 0. The Morgan fingerprint density at radius 2 is 2.16 bits per heavy atom. The van der Waals surface area contributed by atoms with Crippen LogP contribution in [-0.2, 0) is 0 Å². The first-order valence-corrected chi connectivity index (χ1v) is 5.54. The third-order valence-electron chi connectivity index (χ3n) is 2.20. The summed E-state index contributed by atoms with van der Waals surface area (Å²) in [5.41, 5.74) is 6.37. The third-order valence-corrected chi connectivity index (χ3v) is 2.20. The number of aromatic nitrogens is 3. The third kappa shape index (κ3) is 3.34. The summed E-state index contributed by atoms with van der Waals surface area (Å²) in [5.74, 6) is 5.37. The second-order valence-electron chi connectivity index (χ2n) is 3.47. The maximum absolute atomic E-state index is 12.1. The Bertz CT molecular complexity index is 630. The highest BCUT2D eigenvalue weighted by atomic mass is 16.1. The first-order chi connectivity index (χ1) is 9.31. The Morgan fingerprint density at radius 1 is 1.32 bits per heavy atom. The second-order valence-corrected chi connectivity index (χ2v) is 3.47. The number of hydrogen-bond acceptors (Lipinski definition) is 5. The molecule has 1 aromatic heterocycles. The summed E-state index contributed by atoms with van der Waals surface area (Å²) < 4.78 is 0. The van der Waals surface area contributed by atoms with Crippen molar-refractivity contribution in [3.8, 4) is 11.8 Å². The molecule has 6 nitrogen and oxygen atoms in total. The predicted octanol–water partition coefficient (Wildman–Crippen LogP) is 0.434. The molecule has 0 bridgehead atoms. The minimum absolute atomic E-state index is 0.147. The van der Waals surface area contributed by atoms with E-state index in [0.29, 0.717) is 11.1 Å². The van der Waals surface area contributed by atoms with Crippen molar-refractivity contribution < 1.29 is 4.79 Å². The molecule has 2 aromatic rings. The average molecular weight is 253 g/mol. The zero-order valence-corrected chi connectivity index (χ0v) is 10.00. The van der Waals surface area contributed by atoms with E-state index in [0.717, 1.165) is 0 Å². The van der Waals surface area contributed by atoms with Gasteiger partial charge in [-0.05, 0) is 12.1 Å². The molecule has 0 spiro atoms. The molecule has 94 valence electrons.